The third-order valence-electron chi connectivity index (χ3n) is 4.09. The molecule has 1 unspecified atom stereocenters. The maximum absolute atomic E-state index is 12.1. The van der Waals surface area contributed by atoms with Gasteiger partial charge in [-0.25, -0.2) is 4.79 Å². The molecule has 1 atom stereocenters. The average Bonchev–Trinajstić information content (AvgIpc) is 2.61. The zero-order valence-electron chi connectivity index (χ0n) is 14.7. The van der Waals surface area contributed by atoms with Crippen molar-refractivity contribution in [3.05, 3.63) is 45.0 Å². The fourth-order valence-electron chi connectivity index (χ4n) is 2.77. The van der Waals surface area contributed by atoms with E-state index in [2.05, 4.69) is 17.2 Å². The van der Waals surface area contributed by atoms with Crippen molar-refractivity contribution in [1.29, 1.82) is 0 Å². The maximum Gasteiger partial charge on any atom is 0.407 e. The quantitative estimate of drug-likeness (QED) is 0.566. The highest BCUT2D eigenvalue weighted by Crippen LogP contribution is 2.07. The second kappa shape index (κ2) is 9.05. The lowest BCUT2D eigenvalue weighted by atomic mass is 10.1. The minimum Gasteiger partial charge on any atom is -0.449 e. The molecule has 0 spiro atoms. The summed E-state index contributed by atoms with van der Waals surface area (Å²) in [5.41, 5.74) is 0.0153. The highest BCUT2D eigenvalue weighted by Gasteiger charge is 2.11. The van der Waals surface area contributed by atoms with E-state index >= 15 is 0 Å². The number of alkyl carbamates (subject to hydrolysis) is 1. The molecule has 136 valence electrons. The van der Waals surface area contributed by atoms with Crippen LogP contribution in [0.25, 0.3) is 11.0 Å². The largest absolute Gasteiger partial charge is 0.449 e. The topological polar surface area (TPSA) is 93.2 Å². The summed E-state index contributed by atoms with van der Waals surface area (Å²) in [6.07, 6.45) is 2.78. The van der Waals surface area contributed by atoms with Crippen molar-refractivity contribution in [2.45, 2.75) is 52.1 Å². The Labute approximate surface area is 146 Å². The van der Waals surface area contributed by atoms with Gasteiger partial charge in [-0.2, -0.15) is 0 Å². The van der Waals surface area contributed by atoms with Crippen molar-refractivity contribution in [3.63, 3.8) is 0 Å². The van der Waals surface area contributed by atoms with E-state index in [0.717, 1.165) is 19.3 Å². The van der Waals surface area contributed by atoms with E-state index in [1.165, 1.54) is 4.57 Å². The van der Waals surface area contributed by atoms with Crippen LogP contribution in [0, 0.1) is 0 Å². The number of rotatable bonds is 8. The summed E-state index contributed by atoms with van der Waals surface area (Å²) in [5, 5.41) is 2.83. The summed E-state index contributed by atoms with van der Waals surface area (Å²) in [4.78, 5) is 38.1. The highest BCUT2D eigenvalue weighted by molar-refractivity contribution is 5.74. The van der Waals surface area contributed by atoms with Crippen LogP contribution in [-0.4, -0.2) is 28.3 Å². The number of hydrogen-bond acceptors (Lipinski definition) is 4. The number of H-pyrrole nitrogens is 1. The van der Waals surface area contributed by atoms with Gasteiger partial charge in [0.1, 0.15) is 0 Å². The summed E-state index contributed by atoms with van der Waals surface area (Å²) in [6.45, 7) is 4.58. The summed E-state index contributed by atoms with van der Waals surface area (Å²) in [7, 11) is 0. The van der Waals surface area contributed by atoms with Crippen molar-refractivity contribution in [2.24, 2.45) is 0 Å². The lowest BCUT2D eigenvalue weighted by Crippen LogP contribution is -2.37. The number of aryl methyl sites for hydroxylation is 1. The number of carbonyl (C=O) groups is 1. The number of aromatic nitrogens is 2. The Kier molecular flexibility index (Phi) is 6.80. The summed E-state index contributed by atoms with van der Waals surface area (Å²) in [6, 6.07) is 7.24. The van der Waals surface area contributed by atoms with Gasteiger partial charge in [-0.15, -0.1) is 0 Å². The molecule has 7 nitrogen and oxygen atoms in total. The molecule has 0 fully saturated rings. The lowest BCUT2D eigenvalue weighted by molar-refractivity contribution is 0.138. The fraction of sp³-hybridized carbons (Fsp3) is 0.500. The van der Waals surface area contributed by atoms with Gasteiger partial charge in [-0.05, 0) is 31.4 Å². The zero-order valence-corrected chi connectivity index (χ0v) is 14.7. The van der Waals surface area contributed by atoms with E-state index < -0.39 is 17.2 Å². The van der Waals surface area contributed by atoms with Crippen molar-refractivity contribution < 1.29 is 9.53 Å². The zero-order chi connectivity index (χ0) is 18.2. The molecule has 1 heterocycles. The van der Waals surface area contributed by atoms with Crippen LogP contribution in [0.1, 0.15) is 39.5 Å². The normalized spacial score (nSPS) is 12.1. The maximum atomic E-state index is 12.1. The molecule has 2 rings (SSSR count). The van der Waals surface area contributed by atoms with Crippen molar-refractivity contribution >= 4 is 17.1 Å². The van der Waals surface area contributed by atoms with Gasteiger partial charge in [0.2, 0.25) is 0 Å². The molecule has 0 saturated heterocycles. The first-order chi connectivity index (χ1) is 12.1. The molecule has 2 aromatic rings. The van der Waals surface area contributed by atoms with Crippen LogP contribution < -0.4 is 16.4 Å². The molecular weight excluding hydrogens is 322 g/mol. The van der Waals surface area contributed by atoms with Crippen molar-refractivity contribution in [1.82, 2.24) is 14.9 Å². The van der Waals surface area contributed by atoms with Crippen LogP contribution >= 0.6 is 0 Å². The van der Waals surface area contributed by atoms with Crippen LogP contribution in [0.2, 0.25) is 0 Å². The van der Waals surface area contributed by atoms with Crippen LogP contribution in [0.15, 0.2) is 33.9 Å². The Morgan fingerprint density at radius 1 is 1.28 bits per heavy atom. The Bertz CT molecular complexity index is 825. The number of hydrogen-bond donors (Lipinski definition) is 2. The van der Waals surface area contributed by atoms with Gasteiger partial charge in [0, 0.05) is 12.6 Å². The number of aromatic amines is 1. The predicted octanol–water partition coefficient (Wildman–Crippen LogP) is 2.38. The SMILES string of the molecule is CCCC(CC)NC(=O)OCCCn1c(=O)c(=O)[nH]c2ccccc21. The van der Waals surface area contributed by atoms with Gasteiger partial charge in [0.05, 0.1) is 17.6 Å². The molecular formula is C18H25N3O4. The Balaban J connectivity index is 1.93. The van der Waals surface area contributed by atoms with Crippen LogP contribution in [0.3, 0.4) is 0 Å². The predicted molar refractivity (Wildman–Crippen MR) is 96.9 cm³/mol. The molecule has 2 N–H and O–H groups in total. The first-order valence-corrected chi connectivity index (χ1v) is 8.72. The molecule has 0 saturated carbocycles. The average molecular weight is 347 g/mol. The number of nitrogens with zero attached hydrogens (tertiary/aromatic N) is 1. The van der Waals surface area contributed by atoms with Crippen molar-refractivity contribution in [2.75, 3.05) is 6.61 Å². The third kappa shape index (κ3) is 4.95. The Morgan fingerprint density at radius 3 is 2.76 bits per heavy atom. The molecule has 0 bridgehead atoms. The first-order valence-electron chi connectivity index (χ1n) is 8.72. The number of amides is 1. The van der Waals surface area contributed by atoms with Gasteiger partial charge < -0.3 is 19.6 Å². The van der Waals surface area contributed by atoms with Crippen LogP contribution in [-0.2, 0) is 11.3 Å². The second-order valence-electron chi connectivity index (χ2n) is 5.96. The van der Waals surface area contributed by atoms with Gasteiger partial charge in [-0.1, -0.05) is 32.4 Å². The highest BCUT2D eigenvalue weighted by atomic mass is 16.5. The summed E-state index contributed by atoms with van der Waals surface area (Å²) in [5.74, 6) is 0. The summed E-state index contributed by atoms with van der Waals surface area (Å²) >= 11 is 0. The van der Waals surface area contributed by atoms with Crippen LogP contribution in [0.5, 0.6) is 0 Å². The fourth-order valence-corrected chi connectivity index (χ4v) is 2.77. The van der Waals surface area contributed by atoms with E-state index in [1.807, 2.05) is 6.92 Å². The van der Waals surface area contributed by atoms with E-state index in [9.17, 15) is 14.4 Å². The molecule has 1 aromatic heterocycles. The van der Waals surface area contributed by atoms with Gasteiger partial charge in [-0.3, -0.25) is 9.59 Å². The molecule has 0 aliphatic rings. The third-order valence-corrected chi connectivity index (χ3v) is 4.09. The van der Waals surface area contributed by atoms with E-state index in [-0.39, 0.29) is 12.6 Å². The Morgan fingerprint density at radius 2 is 2.04 bits per heavy atom. The van der Waals surface area contributed by atoms with E-state index in [4.69, 9.17) is 4.74 Å². The van der Waals surface area contributed by atoms with E-state index in [1.54, 1.807) is 24.3 Å². The molecule has 0 aliphatic heterocycles. The molecule has 1 aromatic carbocycles. The first kappa shape index (κ1) is 18.8. The second-order valence-corrected chi connectivity index (χ2v) is 5.96. The number of ether oxygens (including phenoxy) is 1. The number of benzene rings is 1. The van der Waals surface area contributed by atoms with Gasteiger partial charge in [0.25, 0.3) is 0 Å². The number of fused-ring (bicyclic) bond motifs is 1. The van der Waals surface area contributed by atoms with Gasteiger partial charge >= 0.3 is 17.2 Å². The molecule has 0 radical (unpaired) electrons. The van der Waals surface area contributed by atoms with Gasteiger partial charge in [0.15, 0.2) is 0 Å². The van der Waals surface area contributed by atoms with Crippen molar-refractivity contribution in [3.8, 4) is 0 Å². The number of carbonyl (C=O) groups excluding carboxylic acids is 1. The van der Waals surface area contributed by atoms with Crippen LogP contribution in [0.4, 0.5) is 4.79 Å². The molecule has 1 amide bonds. The summed E-state index contributed by atoms with van der Waals surface area (Å²) < 4.78 is 6.59. The number of nitrogens with one attached hydrogen (secondary N) is 2. The lowest BCUT2D eigenvalue weighted by Gasteiger charge is -2.16. The molecule has 25 heavy (non-hydrogen) atoms. The molecule has 0 aliphatic carbocycles. The minimum absolute atomic E-state index is 0.122. The van der Waals surface area contributed by atoms with E-state index in [0.29, 0.717) is 24.0 Å². The Hall–Kier alpha value is -2.57. The number of para-hydroxylation sites is 2. The molecule has 7 heteroatoms. The standard InChI is InChI=1S/C18H25N3O4/c1-3-8-13(4-2)19-18(24)25-12-7-11-21-15-10-6-5-9-14(15)20-16(22)17(21)23/h5-6,9-10,13H,3-4,7-8,11-12H2,1-2H3,(H,19,24)(H,20,22). The monoisotopic (exact) mass is 347 g/mol. The smallest absolute Gasteiger partial charge is 0.407 e. The minimum atomic E-state index is -0.650.